The van der Waals surface area contributed by atoms with Gasteiger partial charge in [-0.25, -0.2) is 13.2 Å². The number of carbonyl (C=O) groups is 2. The van der Waals surface area contributed by atoms with Crippen molar-refractivity contribution in [2.75, 3.05) is 18.4 Å². The van der Waals surface area contributed by atoms with Gasteiger partial charge < -0.3 is 13.9 Å². The van der Waals surface area contributed by atoms with E-state index in [9.17, 15) is 28.1 Å². The van der Waals surface area contributed by atoms with E-state index in [1.54, 1.807) is 24.3 Å². The highest BCUT2D eigenvalue weighted by Crippen LogP contribution is 2.31. The van der Waals surface area contributed by atoms with E-state index in [0.717, 1.165) is 17.5 Å². The summed E-state index contributed by atoms with van der Waals surface area (Å²) in [6.45, 7) is -0.612. The van der Waals surface area contributed by atoms with Crippen LogP contribution in [0.2, 0.25) is 0 Å². The van der Waals surface area contributed by atoms with Crippen LogP contribution >= 0.6 is 0 Å². The van der Waals surface area contributed by atoms with Gasteiger partial charge >= 0.3 is 5.97 Å². The highest BCUT2D eigenvalue weighted by atomic mass is 32.2. The fourth-order valence-corrected chi connectivity index (χ4v) is 4.39. The van der Waals surface area contributed by atoms with Crippen LogP contribution in [0.25, 0.3) is 11.0 Å². The number of nitrogens with zero attached hydrogens (tertiary/aromatic N) is 1. The SMILES string of the molecule is COc1ccc([N+](=O)[O-])cc1NS(=O)(=O)c1cccc(C(=O)OCC(=O)c2cc3ccccc3o2)c1. The van der Waals surface area contributed by atoms with E-state index in [2.05, 4.69) is 4.72 Å². The largest absolute Gasteiger partial charge is 0.495 e. The molecule has 0 spiro atoms. The second kappa shape index (κ2) is 9.88. The molecule has 0 unspecified atom stereocenters. The van der Waals surface area contributed by atoms with Crippen molar-refractivity contribution in [2.45, 2.75) is 4.90 Å². The molecule has 12 heteroatoms. The van der Waals surface area contributed by atoms with Crippen LogP contribution in [-0.4, -0.2) is 38.8 Å². The number of nitro groups is 1. The van der Waals surface area contributed by atoms with Gasteiger partial charge in [-0.1, -0.05) is 24.3 Å². The third-order valence-corrected chi connectivity index (χ3v) is 6.42. The number of non-ortho nitro benzene ring substituents is 1. The lowest BCUT2D eigenvalue weighted by Gasteiger charge is -2.12. The first-order chi connectivity index (χ1) is 17.2. The Kier molecular flexibility index (Phi) is 6.70. The number of ether oxygens (including phenoxy) is 2. The Hall–Kier alpha value is -4.71. The Balaban J connectivity index is 1.49. The number of sulfonamides is 1. The first-order valence-electron chi connectivity index (χ1n) is 10.3. The number of para-hydroxylation sites is 1. The molecule has 0 aliphatic rings. The van der Waals surface area contributed by atoms with Gasteiger partial charge in [0.2, 0.25) is 5.78 Å². The smallest absolute Gasteiger partial charge is 0.338 e. The molecule has 3 aromatic carbocycles. The molecular weight excluding hydrogens is 492 g/mol. The minimum Gasteiger partial charge on any atom is -0.495 e. The number of anilines is 1. The third-order valence-electron chi connectivity index (χ3n) is 5.05. The van der Waals surface area contributed by atoms with Gasteiger partial charge in [0.05, 0.1) is 28.2 Å². The molecule has 0 saturated carbocycles. The van der Waals surface area contributed by atoms with Crippen molar-refractivity contribution in [3.63, 3.8) is 0 Å². The van der Waals surface area contributed by atoms with Gasteiger partial charge in [-0.3, -0.25) is 19.6 Å². The van der Waals surface area contributed by atoms with E-state index in [0.29, 0.717) is 5.58 Å². The van der Waals surface area contributed by atoms with Crippen molar-refractivity contribution < 1.29 is 36.8 Å². The van der Waals surface area contributed by atoms with Gasteiger partial charge in [0, 0.05) is 17.5 Å². The summed E-state index contributed by atoms with van der Waals surface area (Å²) in [4.78, 5) is 34.9. The molecule has 0 atom stereocenters. The van der Waals surface area contributed by atoms with Crippen molar-refractivity contribution in [2.24, 2.45) is 0 Å². The Morgan fingerprint density at radius 2 is 1.81 bits per heavy atom. The van der Waals surface area contributed by atoms with E-state index < -0.39 is 33.3 Å². The van der Waals surface area contributed by atoms with Gasteiger partial charge in [0.1, 0.15) is 11.3 Å². The van der Waals surface area contributed by atoms with Crippen LogP contribution in [0.1, 0.15) is 20.9 Å². The predicted molar refractivity (Wildman–Crippen MR) is 128 cm³/mol. The Labute approximate surface area is 204 Å². The van der Waals surface area contributed by atoms with Gasteiger partial charge in [0.15, 0.2) is 12.4 Å². The van der Waals surface area contributed by atoms with Crippen molar-refractivity contribution in [1.82, 2.24) is 0 Å². The van der Waals surface area contributed by atoms with Gasteiger partial charge in [0.25, 0.3) is 15.7 Å². The topological polar surface area (TPSA) is 155 Å². The van der Waals surface area contributed by atoms with Crippen LogP contribution in [0, 0.1) is 10.1 Å². The number of fused-ring (bicyclic) bond motifs is 1. The summed E-state index contributed by atoms with van der Waals surface area (Å²) in [7, 11) is -3.00. The lowest BCUT2D eigenvalue weighted by molar-refractivity contribution is -0.384. The van der Waals surface area contributed by atoms with E-state index in [1.807, 2.05) is 0 Å². The zero-order valence-corrected chi connectivity index (χ0v) is 19.5. The van der Waals surface area contributed by atoms with Crippen molar-refractivity contribution >= 4 is 44.1 Å². The summed E-state index contributed by atoms with van der Waals surface area (Å²) in [5, 5.41) is 11.8. The normalized spacial score (nSPS) is 11.1. The van der Waals surface area contributed by atoms with Gasteiger partial charge in [-0.15, -0.1) is 0 Å². The molecule has 4 rings (SSSR count). The number of carbonyl (C=O) groups excluding carboxylic acids is 2. The Morgan fingerprint density at radius 3 is 2.53 bits per heavy atom. The highest BCUT2D eigenvalue weighted by molar-refractivity contribution is 7.92. The summed E-state index contributed by atoms with van der Waals surface area (Å²) in [5.74, 6) is -1.41. The van der Waals surface area contributed by atoms with Crippen LogP contribution in [0.4, 0.5) is 11.4 Å². The Morgan fingerprint density at radius 1 is 1.03 bits per heavy atom. The molecule has 0 aliphatic carbocycles. The Bertz CT molecular complexity index is 1560. The summed E-state index contributed by atoms with van der Waals surface area (Å²) in [6.07, 6.45) is 0. The summed E-state index contributed by atoms with van der Waals surface area (Å²) in [6, 6.07) is 16.9. The monoisotopic (exact) mass is 510 g/mol. The summed E-state index contributed by atoms with van der Waals surface area (Å²) in [5.41, 5.74) is -0.115. The number of ketones is 1. The molecule has 36 heavy (non-hydrogen) atoms. The number of hydrogen-bond donors (Lipinski definition) is 1. The van der Waals surface area contributed by atoms with E-state index in [1.165, 1.54) is 43.5 Å². The molecule has 0 saturated heterocycles. The van der Waals surface area contributed by atoms with E-state index in [4.69, 9.17) is 13.9 Å². The number of esters is 1. The van der Waals surface area contributed by atoms with Crippen molar-refractivity contribution in [1.29, 1.82) is 0 Å². The first-order valence-corrected chi connectivity index (χ1v) is 11.8. The van der Waals surface area contributed by atoms with Crippen LogP contribution in [0.15, 0.2) is 82.1 Å². The average molecular weight is 510 g/mol. The van der Waals surface area contributed by atoms with Crippen LogP contribution in [0.3, 0.4) is 0 Å². The third kappa shape index (κ3) is 5.18. The number of Topliss-reactive ketones (excluding diaryl/α,β-unsaturated/α-hetero) is 1. The van der Waals surface area contributed by atoms with Crippen LogP contribution in [0.5, 0.6) is 5.75 Å². The number of rotatable bonds is 9. The van der Waals surface area contributed by atoms with Crippen LogP contribution in [-0.2, 0) is 14.8 Å². The molecule has 1 N–H and O–H groups in total. The van der Waals surface area contributed by atoms with Crippen molar-refractivity contribution in [3.8, 4) is 5.75 Å². The minimum absolute atomic E-state index is 0.0235. The van der Waals surface area contributed by atoms with Gasteiger partial charge in [-0.2, -0.15) is 0 Å². The maximum Gasteiger partial charge on any atom is 0.338 e. The molecule has 0 radical (unpaired) electrons. The van der Waals surface area contributed by atoms with Gasteiger partial charge in [-0.05, 0) is 36.4 Å². The average Bonchev–Trinajstić information content (AvgIpc) is 3.31. The minimum atomic E-state index is -4.28. The van der Waals surface area contributed by atoms with E-state index >= 15 is 0 Å². The molecular formula is C24H18N2O9S. The summed E-state index contributed by atoms with van der Waals surface area (Å²) >= 11 is 0. The molecule has 1 aromatic heterocycles. The molecule has 184 valence electrons. The number of methoxy groups -OCH3 is 1. The molecule has 11 nitrogen and oxygen atoms in total. The zero-order chi connectivity index (χ0) is 25.9. The lowest BCUT2D eigenvalue weighted by Crippen LogP contribution is -2.16. The maximum atomic E-state index is 12.9. The lowest BCUT2D eigenvalue weighted by atomic mass is 10.2. The summed E-state index contributed by atoms with van der Waals surface area (Å²) < 4.78 is 43.6. The maximum absolute atomic E-state index is 12.9. The fourth-order valence-electron chi connectivity index (χ4n) is 3.29. The fraction of sp³-hybridized carbons (Fsp3) is 0.0833. The van der Waals surface area contributed by atoms with Crippen molar-refractivity contribution in [3.05, 3.63) is 94.2 Å². The second-order valence-corrected chi connectivity index (χ2v) is 9.11. The molecule has 0 bridgehead atoms. The van der Waals surface area contributed by atoms with Crippen LogP contribution < -0.4 is 9.46 Å². The number of benzene rings is 3. The second-order valence-electron chi connectivity index (χ2n) is 7.42. The quantitative estimate of drug-likeness (QED) is 0.151. The number of nitro benzene ring substituents is 1. The molecule has 0 aliphatic heterocycles. The molecule has 4 aromatic rings. The highest BCUT2D eigenvalue weighted by Gasteiger charge is 2.22. The molecule has 0 fully saturated rings. The standard InChI is InChI=1S/C24H18N2O9S/c1-33-22-10-9-17(26(29)30)13-19(22)25-36(31,32)18-7-4-6-16(11-18)24(28)34-14-20(27)23-12-15-5-2-3-8-21(15)35-23/h2-13,25H,14H2,1H3. The molecule has 0 amide bonds. The zero-order valence-electron chi connectivity index (χ0n) is 18.7. The predicted octanol–water partition coefficient (Wildman–Crippen LogP) is 4.19. The first kappa shape index (κ1) is 24.4. The van der Waals surface area contributed by atoms with E-state index in [-0.39, 0.29) is 33.3 Å². The number of hydrogen-bond acceptors (Lipinski definition) is 9. The number of nitrogens with one attached hydrogen (secondary N) is 1. The number of furan rings is 1. The molecule has 1 heterocycles.